The van der Waals surface area contributed by atoms with Gasteiger partial charge in [0, 0.05) is 22.3 Å². The Labute approximate surface area is 156 Å². The molecule has 0 fully saturated rings. The van der Waals surface area contributed by atoms with Crippen molar-refractivity contribution in [2.24, 2.45) is 0 Å². The third kappa shape index (κ3) is 4.49. The zero-order chi connectivity index (χ0) is 18.4. The van der Waals surface area contributed by atoms with Crippen LogP contribution in [0.25, 0.3) is 11.3 Å². The number of anilines is 2. The summed E-state index contributed by atoms with van der Waals surface area (Å²) in [6.07, 6.45) is 0. The number of carbonyl (C=O) groups is 1. The quantitative estimate of drug-likeness (QED) is 0.675. The monoisotopic (exact) mass is 368 g/mol. The summed E-state index contributed by atoms with van der Waals surface area (Å²) in [5.41, 5.74) is 2.52. The normalized spacial score (nSPS) is 10.2. The number of ether oxygens (including phenoxy) is 1. The van der Waals surface area contributed by atoms with Crippen LogP contribution in [-0.4, -0.2) is 22.8 Å². The number of urea groups is 1. The van der Waals surface area contributed by atoms with Gasteiger partial charge in [-0.05, 0) is 31.2 Å². The van der Waals surface area contributed by atoms with Crippen LogP contribution in [0.5, 0.6) is 5.88 Å². The molecule has 7 heteroatoms. The molecule has 0 radical (unpaired) electrons. The Hall–Kier alpha value is -3.12. The van der Waals surface area contributed by atoms with Gasteiger partial charge in [0.1, 0.15) is 5.69 Å². The van der Waals surface area contributed by atoms with E-state index in [1.807, 2.05) is 37.3 Å². The Morgan fingerprint density at radius 1 is 1.04 bits per heavy atom. The van der Waals surface area contributed by atoms with Crippen LogP contribution < -0.4 is 15.4 Å². The molecule has 26 heavy (non-hydrogen) atoms. The molecule has 6 nitrogen and oxygen atoms in total. The third-order valence-corrected chi connectivity index (χ3v) is 3.71. The molecular formula is C19H17ClN4O2. The van der Waals surface area contributed by atoms with Crippen molar-refractivity contribution in [2.75, 3.05) is 17.2 Å². The van der Waals surface area contributed by atoms with Crippen LogP contribution in [0.2, 0.25) is 5.02 Å². The largest absolute Gasteiger partial charge is 0.477 e. The van der Waals surface area contributed by atoms with E-state index < -0.39 is 6.03 Å². The van der Waals surface area contributed by atoms with Gasteiger partial charge in [-0.25, -0.2) is 4.79 Å². The maximum absolute atomic E-state index is 12.4. The number of rotatable bonds is 5. The molecule has 0 saturated heterocycles. The molecule has 1 heterocycles. The average molecular weight is 369 g/mol. The summed E-state index contributed by atoms with van der Waals surface area (Å²) >= 11 is 5.86. The molecule has 2 aromatic carbocycles. The Bertz CT molecular complexity index is 886. The lowest BCUT2D eigenvalue weighted by Gasteiger charge is -2.12. The molecular weight excluding hydrogens is 352 g/mol. The number of benzene rings is 2. The second-order valence-electron chi connectivity index (χ2n) is 5.33. The summed E-state index contributed by atoms with van der Waals surface area (Å²) in [7, 11) is 0. The first-order chi connectivity index (χ1) is 12.7. The number of nitrogens with one attached hydrogen (secondary N) is 2. The number of hydrogen-bond acceptors (Lipinski definition) is 4. The number of aromatic nitrogens is 2. The van der Waals surface area contributed by atoms with Crippen molar-refractivity contribution in [3.63, 3.8) is 0 Å². The molecule has 0 aliphatic heterocycles. The number of hydrogen-bond donors (Lipinski definition) is 2. The fourth-order valence-electron chi connectivity index (χ4n) is 2.31. The third-order valence-electron chi connectivity index (χ3n) is 3.46. The van der Waals surface area contributed by atoms with Gasteiger partial charge >= 0.3 is 6.03 Å². The van der Waals surface area contributed by atoms with E-state index in [-0.39, 0.29) is 0 Å². The molecule has 3 aromatic rings. The molecule has 0 atom stereocenters. The molecule has 0 saturated carbocycles. The van der Waals surface area contributed by atoms with Gasteiger partial charge in [0.2, 0.25) is 5.88 Å². The van der Waals surface area contributed by atoms with E-state index in [2.05, 4.69) is 20.8 Å². The van der Waals surface area contributed by atoms with Gasteiger partial charge in [-0.3, -0.25) is 0 Å². The highest BCUT2D eigenvalue weighted by molar-refractivity contribution is 6.30. The van der Waals surface area contributed by atoms with Crippen LogP contribution in [0, 0.1) is 0 Å². The lowest BCUT2D eigenvalue weighted by molar-refractivity contribution is 0.262. The van der Waals surface area contributed by atoms with Crippen LogP contribution in [0.4, 0.5) is 16.2 Å². The van der Waals surface area contributed by atoms with Gasteiger partial charge in [-0.2, -0.15) is 0 Å². The SMILES string of the molecule is CCOc1cc(NC(=O)Nc2ccc(Cl)cc2)c(-c2ccccc2)nn1. The summed E-state index contributed by atoms with van der Waals surface area (Å²) in [6, 6.07) is 17.6. The lowest BCUT2D eigenvalue weighted by atomic mass is 10.1. The van der Waals surface area contributed by atoms with E-state index in [9.17, 15) is 4.79 Å². The predicted octanol–water partition coefficient (Wildman–Crippen LogP) is 4.84. The first-order valence-electron chi connectivity index (χ1n) is 8.05. The zero-order valence-corrected chi connectivity index (χ0v) is 14.8. The van der Waals surface area contributed by atoms with Crippen molar-refractivity contribution in [2.45, 2.75) is 6.92 Å². The summed E-state index contributed by atoms with van der Waals surface area (Å²) in [5, 5.41) is 14.4. The van der Waals surface area contributed by atoms with E-state index in [1.165, 1.54) is 0 Å². The van der Waals surface area contributed by atoms with Gasteiger partial charge < -0.3 is 15.4 Å². The van der Waals surface area contributed by atoms with Crippen molar-refractivity contribution in [3.05, 3.63) is 65.7 Å². The van der Waals surface area contributed by atoms with Gasteiger partial charge in [0.15, 0.2) is 0 Å². The molecule has 132 valence electrons. The predicted molar refractivity (Wildman–Crippen MR) is 103 cm³/mol. The number of carbonyl (C=O) groups excluding carboxylic acids is 1. The van der Waals surface area contributed by atoms with E-state index in [4.69, 9.17) is 16.3 Å². The van der Waals surface area contributed by atoms with Gasteiger partial charge in [0.05, 0.1) is 12.3 Å². The van der Waals surface area contributed by atoms with Crippen molar-refractivity contribution < 1.29 is 9.53 Å². The van der Waals surface area contributed by atoms with Gasteiger partial charge in [-0.15, -0.1) is 10.2 Å². The summed E-state index contributed by atoms with van der Waals surface area (Å²) in [5.74, 6) is 0.342. The minimum Gasteiger partial charge on any atom is -0.477 e. The van der Waals surface area contributed by atoms with Crippen LogP contribution in [0.1, 0.15) is 6.92 Å². The molecule has 0 unspecified atom stereocenters. The van der Waals surface area contributed by atoms with Gasteiger partial charge in [0.25, 0.3) is 0 Å². The summed E-state index contributed by atoms with van der Waals surface area (Å²) in [6.45, 7) is 2.31. The van der Waals surface area contributed by atoms with Crippen LogP contribution in [0.15, 0.2) is 60.7 Å². The van der Waals surface area contributed by atoms with Crippen molar-refractivity contribution >= 4 is 29.0 Å². The van der Waals surface area contributed by atoms with Crippen LogP contribution in [0.3, 0.4) is 0 Å². The van der Waals surface area contributed by atoms with E-state index >= 15 is 0 Å². The van der Waals surface area contributed by atoms with Crippen LogP contribution in [-0.2, 0) is 0 Å². The van der Waals surface area contributed by atoms with Crippen LogP contribution >= 0.6 is 11.6 Å². The minimum atomic E-state index is -0.403. The molecule has 0 bridgehead atoms. The number of amides is 2. The minimum absolute atomic E-state index is 0.342. The maximum atomic E-state index is 12.4. The summed E-state index contributed by atoms with van der Waals surface area (Å²) < 4.78 is 5.39. The molecule has 0 aliphatic carbocycles. The van der Waals surface area contributed by atoms with Gasteiger partial charge in [-0.1, -0.05) is 41.9 Å². The lowest BCUT2D eigenvalue weighted by Crippen LogP contribution is -2.20. The average Bonchev–Trinajstić information content (AvgIpc) is 2.65. The zero-order valence-electron chi connectivity index (χ0n) is 14.1. The number of halogens is 1. The molecule has 2 amide bonds. The van der Waals surface area contributed by atoms with Crippen molar-refractivity contribution in [1.29, 1.82) is 0 Å². The van der Waals surface area contributed by atoms with Crippen molar-refractivity contribution in [1.82, 2.24) is 10.2 Å². The Kier molecular flexibility index (Phi) is 5.66. The number of nitrogens with zero attached hydrogens (tertiary/aromatic N) is 2. The molecule has 3 rings (SSSR count). The molecule has 2 N–H and O–H groups in total. The Morgan fingerprint density at radius 3 is 2.46 bits per heavy atom. The topological polar surface area (TPSA) is 76.1 Å². The fraction of sp³-hybridized carbons (Fsp3) is 0.105. The van der Waals surface area contributed by atoms with Crippen molar-refractivity contribution in [3.8, 4) is 17.1 Å². The highest BCUT2D eigenvalue weighted by Crippen LogP contribution is 2.27. The smallest absolute Gasteiger partial charge is 0.323 e. The summed E-state index contributed by atoms with van der Waals surface area (Å²) in [4.78, 5) is 12.4. The Morgan fingerprint density at radius 2 is 1.77 bits per heavy atom. The standard InChI is InChI=1S/C19H17ClN4O2/c1-2-26-17-12-16(18(24-23-17)13-6-4-3-5-7-13)22-19(25)21-15-10-8-14(20)9-11-15/h3-12H,2H2,1H3,(H2,21,22,23,25). The maximum Gasteiger partial charge on any atom is 0.323 e. The second kappa shape index (κ2) is 8.31. The first-order valence-corrected chi connectivity index (χ1v) is 8.43. The molecule has 1 aromatic heterocycles. The Balaban J connectivity index is 1.85. The van der Waals surface area contributed by atoms with E-state index in [0.29, 0.717) is 34.6 Å². The highest BCUT2D eigenvalue weighted by Gasteiger charge is 2.13. The van der Waals surface area contributed by atoms with E-state index in [0.717, 1.165) is 5.56 Å². The molecule has 0 spiro atoms. The highest BCUT2D eigenvalue weighted by atomic mass is 35.5. The van der Waals surface area contributed by atoms with E-state index in [1.54, 1.807) is 30.3 Å². The first kappa shape index (κ1) is 17.7. The second-order valence-corrected chi connectivity index (χ2v) is 5.77. The molecule has 0 aliphatic rings. The fourth-order valence-corrected chi connectivity index (χ4v) is 2.44.